The summed E-state index contributed by atoms with van der Waals surface area (Å²) in [5.74, 6) is -2.08. The van der Waals surface area contributed by atoms with Crippen molar-refractivity contribution in [2.45, 2.75) is 190 Å². The number of rotatable bonds is 35. The molecule has 6 aliphatic rings. The van der Waals surface area contributed by atoms with E-state index >= 15 is 0 Å². The van der Waals surface area contributed by atoms with Crippen molar-refractivity contribution in [2.75, 3.05) is 46.7 Å². The molecule has 678 valence electrons. The number of hydroxylamine groups is 1. The lowest BCUT2D eigenvalue weighted by atomic mass is 9.96. The maximum Gasteiger partial charge on any atom is 0.472 e. The van der Waals surface area contributed by atoms with Crippen LogP contribution >= 0.6 is 39.1 Å². The third-order valence-corrected chi connectivity index (χ3v) is 25.2. The van der Waals surface area contributed by atoms with E-state index < -0.39 is 301 Å². The van der Waals surface area contributed by atoms with Crippen LogP contribution in [0.15, 0.2) is 94.7 Å². The zero-order chi connectivity index (χ0) is 89.8. The number of aliphatic hydroxyl groups is 2. The van der Waals surface area contributed by atoms with Crippen molar-refractivity contribution in [3.63, 3.8) is 0 Å². The largest absolute Gasteiger partial charge is 0.479 e. The number of nitrogens with one attached hydrogen (secondary N) is 7. The molecule has 0 spiro atoms. The molecule has 0 aliphatic carbocycles. The van der Waals surface area contributed by atoms with Crippen molar-refractivity contribution in [1.82, 2.24) is 62.8 Å². The van der Waals surface area contributed by atoms with Crippen molar-refractivity contribution >= 4 is 45.1 Å². The SMILES string of the molecule is CNO[C@H]1[C@H](n2cc(C)c(=O)[nH]c2=O)O[C@@](COP(=O)(O)O[C@H]2C[C@H](n3cc(C)c(=O)[nH]c3=O)O[C@@H]2COP(=O)(O)O[C@H]2C[C@H](n3cc(C)c(=O)[nH]c3=O)O[C@@H]2COP(=O)(O)O[C@H]2C[C@H](n3cc(C)c(=O)[nH]c3=O)O[C@@H]2COP(=O)(O)O[C@H]2C[C@H](n3cc(C)c(=O)[nH]c3=O)O[C@@H]2COP(=O)(O)O[C@H]2C[C@H](n3cc(C)c(=O)[nH]c3=O)O[C@@H]2CO)(C(=O)O)[C@H]1O. The number of phosphoric acid groups is 5. The summed E-state index contributed by atoms with van der Waals surface area (Å²) in [7, 11) is -27.2. The highest BCUT2D eigenvalue weighted by atomic mass is 31.2. The van der Waals surface area contributed by atoms with Gasteiger partial charge in [-0.3, -0.25) is 136 Å². The fraction of sp³-hybridized carbons (Fsp3) is 0.597. The number of hydrogen-bond donors (Lipinski definition) is 15. The minimum atomic E-state index is -5.82. The number of aromatic amines is 6. The number of carboxylic acid groups (broad SMARTS) is 1. The van der Waals surface area contributed by atoms with Crippen LogP contribution in [0.5, 0.6) is 0 Å². The van der Waals surface area contributed by atoms with Crippen molar-refractivity contribution in [1.29, 1.82) is 0 Å². The fourth-order valence-corrected chi connectivity index (χ4v) is 18.7. The molecule has 0 saturated carbocycles. The summed E-state index contributed by atoms with van der Waals surface area (Å²) in [6, 6.07) is 0. The summed E-state index contributed by atoms with van der Waals surface area (Å²) >= 11 is 0. The lowest BCUT2D eigenvalue weighted by Crippen LogP contribution is -2.54. The van der Waals surface area contributed by atoms with Gasteiger partial charge in [0.2, 0.25) is 5.60 Å². The Balaban J connectivity index is 0.752. The van der Waals surface area contributed by atoms with Crippen LogP contribution in [0.25, 0.3) is 0 Å². The zero-order valence-corrected chi connectivity index (χ0v) is 69.4. The average molecular weight is 1850 g/mol. The number of aliphatic hydroxyl groups excluding tert-OH is 2. The Bertz CT molecular complexity index is 6050. The van der Waals surface area contributed by atoms with Gasteiger partial charge in [-0.15, -0.1) is 0 Å². The molecule has 5 unspecified atom stereocenters. The van der Waals surface area contributed by atoms with E-state index in [1.807, 2.05) is 24.9 Å². The van der Waals surface area contributed by atoms with Crippen LogP contribution in [0.1, 0.15) is 103 Å². The van der Waals surface area contributed by atoms with Crippen LogP contribution in [-0.4, -0.2) is 229 Å². The third-order valence-electron chi connectivity index (χ3n) is 20.2. The summed E-state index contributed by atoms with van der Waals surface area (Å²) in [5, 5.41) is 32.2. The molecule has 0 amide bonds. The molecule has 12 heterocycles. The minimum absolute atomic E-state index is 0.0487. The number of phosphoric ester groups is 5. The number of aromatic nitrogens is 12. The fourth-order valence-electron chi connectivity index (χ4n) is 13.9. The van der Waals surface area contributed by atoms with E-state index in [4.69, 9.17) is 78.5 Å². The molecular formula is C62H82N13O43P5. The first kappa shape index (κ1) is 93.8. The van der Waals surface area contributed by atoms with Crippen LogP contribution < -0.4 is 73.0 Å². The molecule has 6 fully saturated rings. The molecule has 56 nitrogen and oxygen atoms in total. The first-order valence-corrected chi connectivity index (χ1v) is 44.0. The summed E-state index contributed by atoms with van der Waals surface area (Å²) in [6.45, 7) is 0.431. The second-order valence-electron chi connectivity index (χ2n) is 28.8. The Morgan fingerprint density at radius 3 is 0.878 bits per heavy atom. The highest BCUT2D eigenvalue weighted by molar-refractivity contribution is 7.48. The van der Waals surface area contributed by atoms with E-state index in [0.29, 0.717) is 4.57 Å². The van der Waals surface area contributed by atoms with Gasteiger partial charge in [0.05, 0.1) is 33.0 Å². The second kappa shape index (κ2) is 36.9. The Kier molecular flexibility index (Phi) is 28.2. The van der Waals surface area contributed by atoms with Gasteiger partial charge >= 0.3 is 79.2 Å². The van der Waals surface area contributed by atoms with Crippen LogP contribution in [0.2, 0.25) is 0 Å². The van der Waals surface area contributed by atoms with Gasteiger partial charge in [-0.25, -0.2) is 61.9 Å². The number of ether oxygens (including phenoxy) is 6. The van der Waals surface area contributed by atoms with Crippen molar-refractivity contribution < 1.29 is 146 Å². The molecule has 0 aromatic carbocycles. The summed E-state index contributed by atoms with van der Waals surface area (Å²) in [4.78, 5) is 240. The first-order valence-electron chi connectivity index (χ1n) is 36.6. The van der Waals surface area contributed by atoms with Gasteiger partial charge < -0.3 is 68.2 Å². The topological polar surface area (TPSA) is 762 Å². The highest BCUT2D eigenvalue weighted by Crippen LogP contribution is 2.57. The van der Waals surface area contributed by atoms with Crippen LogP contribution in [0, 0.1) is 41.5 Å². The van der Waals surface area contributed by atoms with Crippen molar-refractivity contribution in [3.8, 4) is 0 Å². The Morgan fingerprint density at radius 1 is 0.407 bits per heavy atom. The molecule has 24 atom stereocenters. The maximum absolute atomic E-state index is 14.4. The monoisotopic (exact) mass is 1850 g/mol. The number of aryl methyl sites for hydroxylation is 6. The minimum Gasteiger partial charge on any atom is -0.479 e. The van der Waals surface area contributed by atoms with Gasteiger partial charge in [0, 0.05) is 110 Å². The molecule has 0 bridgehead atoms. The van der Waals surface area contributed by atoms with E-state index in [-0.39, 0.29) is 33.4 Å². The number of carboxylic acids is 1. The Morgan fingerprint density at radius 2 is 0.634 bits per heavy atom. The van der Waals surface area contributed by atoms with Gasteiger partial charge in [-0.05, 0) is 41.5 Å². The van der Waals surface area contributed by atoms with E-state index in [0.717, 1.165) is 60.0 Å². The molecule has 123 heavy (non-hydrogen) atoms. The number of carbonyl (C=O) groups is 1. The summed E-state index contributed by atoms with van der Waals surface area (Å²) in [6.07, 6.45) is -29.0. The van der Waals surface area contributed by atoms with Crippen LogP contribution in [0.4, 0.5) is 0 Å². The highest BCUT2D eigenvalue weighted by Gasteiger charge is 2.63. The lowest BCUT2D eigenvalue weighted by molar-refractivity contribution is -0.183. The number of nitrogens with zero attached hydrogens (tertiary/aromatic N) is 6. The Hall–Kier alpha value is -8.30. The lowest BCUT2D eigenvalue weighted by Gasteiger charge is -2.29. The molecule has 61 heteroatoms. The van der Waals surface area contributed by atoms with Gasteiger partial charge in [0.25, 0.3) is 33.4 Å². The molecule has 6 aromatic rings. The standard InChI is InChI=1S/C62H82N13O43P5/c1-25-13-70(56(86)64-48(25)78)41-8-31(36(19-76)107-41)114-119(92,93)102-20-37-32(9-42(108-37)71-14-26(2)49(79)65-57(71)87)115-120(94,95)103-21-38-33(10-43(109-38)72-15-27(3)50(80)66-58(72)88)116-121(96,97)104-22-39-34(11-44(110-39)73-16-28(4)51(81)67-59(73)89)117-122(98,99)105-23-40-35(12-45(111-40)74-17-29(5)52(82)68-60(74)90)118-123(100,101)106-24-62(55(84)85)47(77)46(113-63-7)54(112-62)75-18-30(6)53(83)69-61(75)91/h13-18,31-47,54,63,76-77H,8-12,19-24H2,1-7H3,(H,84,85)(H,92,93)(H,94,95)(H,96,97)(H,98,99)(H,100,101)(H,64,78,86)(H,65,79,87)(H,66,80,88)(H,67,81,89)(H,68,82,90)(H,69,83,91)/t31-,32-,33-,34-,35-,36+,37+,38+,39+,40+,41+,42+,43+,44+,45+,46+,47-,54+,62+/m0/s1. The molecule has 0 radical (unpaired) electrons. The van der Waals surface area contributed by atoms with E-state index in [2.05, 4.69) is 10.5 Å². The molecule has 6 aliphatic heterocycles. The maximum atomic E-state index is 14.4. The molecule has 6 aromatic heterocycles. The predicted molar refractivity (Wildman–Crippen MR) is 400 cm³/mol. The normalized spacial score (nSPS) is 30.3. The zero-order valence-electron chi connectivity index (χ0n) is 64.9. The summed E-state index contributed by atoms with van der Waals surface area (Å²) < 4.78 is 165. The van der Waals surface area contributed by atoms with Gasteiger partial charge in [-0.1, -0.05) is 0 Å². The quantitative estimate of drug-likeness (QED) is 0.0131. The molecule has 6 saturated heterocycles. The van der Waals surface area contributed by atoms with Gasteiger partial charge in [0.1, 0.15) is 105 Å². The number of hydrogen-bond acceptors (Lipinski definition) is 38. The first-order chi connectivity index (χ1) is 57.6. The predicted octanol–water partition coefficient (Wildman–Crippen LogP) is -4.69. The average Bonchev–Trinajstić information content (AvgIpc) is 1.59. The van der Waals surface area contributed by atoms with E-state index in [1.54, 1.807) is 0 Å². The summed E-state index contributed by atoms with van der Waals surface area (Å²) in [5.41, 5.74) is -12.9. The molecule has 12 rings (SSSR count). The Labute approximate surface area is 683 Å². The molecule has 15 N–H and O–H groups in total. The van der Waals surface area contributed by atoms with Gasteiger partial charge in [-0.2, -0.15) is 0 Å². The van der Waals surface area contributed by atoms with Crippen LogP contribution in [0.3, 0.4) is 0 Å². The second-order valence-corrected chi connectivity index (χ2v) is 35.9. The van der Waals surface area contributed by atoms with Crippen molar-refractivity contribution in [3.05, 3.63) is 196 Å². The van der Waals surface area contributed by atoms with Crippen molar-refractivity contribution in [2.24, 2.45) is 0 Å². The van der Waals surface area contributed by atoms with Crippen LogP contribution in [-0.2, 0) is 106 Å². The molecular weight excluding hydrogens is 1770 g/mol. The van der Waals surface area contributed by atoms with Gasteiger partial charge in [0.15, 0.2) is 12.3 Å². The third kappa shape index (κ3) is 21.4. The number of aliphatic carboxylic acids is 1. The smallest absolute Gasteiger partial charge is 0.472 e. The van der Waals surface area contributed by atoms with E-state index in [1.165, 1.54) is 48.6 Å². The number of H-pyrrole nitrogens is 6. The van der Waals surface area contributed by atoms with E-state index in [9.17, 15) is 125 Å².